The molecule has 2 N–H and O–H groups in total. The molecule has 0 saturated carbocycles. The van der Waals surface area contributed by atoms with Gasteiger partial charge in [0, 0.05) is 48.5 Å². The number of carbonyl (C=O) groups is 1. The maximum Gasteiger partial charge on any atom is 0.272 e. The lowest BCUT2D eigenvalue weighted by molar-refractivity contribution is 0.102. The van der Waals surface area contributed by atoms with Crippen molar-refractivity contribution in [2.75, 3.05) is 37.5 Å². The third kappa shape index (κ3) is 3.61. The summed E-state index contributed by atoms with van der Waals surface area (Å²) in [5, 5.41) is 3.91. The molecule has 3 aromatic rings. The van der Waals surface area contributed by atoms with E-state index in [1.54, 1.807) is 14.2 Å². The number of carbonyl (C=O) groups excluding carboxylic acids is 1. The number of aromatic amines is 1. The molecule has 27 heavy (non-hydrogen) atoms. The highest BCUT2D eigenvalue weighted by Crippen LogP contribution is 2.24. The fraction of sp³-hybridized carbons (Fsp3) is 0.286. The van der Waals surface area contributed by atoms with Crippen molar-refractivity contribution in [3.05, 3.63) is 54.2 Å². The molecule has 140 valence electrons. The van der Waals surface area contributed by atoms with Gasteiger partial charge in [-0.1, -0.05) is 0 Å². The lowest BCUT2D eigenvalue weighted by Crippen LogP contribution is -2.22. The number of rotatable bonds is 5. The SMILES string of the molecule is COc1ccc2cc(C(=O)Nc3ccc(N4CCC(OC)C4)cc3)[nH]c2c1. The molecule has 0 bridgehead atoms. The van der Waals surface area contributed by atoms with Gasteiger partial charge in [-0.3, -0.25) is 4.79 Å². The number of hydrogen-bond acceptors (Lipinski definition) is 4. The van der Waals surface area contributed by atoms with Crippen molar-refractivity contribution in [1.82, 2.24) is 4.98 Å². The van der Waals surface area contributed by atoms with Crippen molar-refractivity contribution < 1.29 is 14.3 Å². The zero-order valence-corrected chi connectivity index (χ0v) is 15.5. The number of nitrogens with one attached hydrogen (secondary N) is 2. The van der Waals surface area contributed by atoms with E-state index in [0.29, 0.717) is 11.8 Å². The van der Waals surface area contributed by atoms with Crippen molar-refractivity contribution >= 4 is 28.2 Å². The van der Waals surface area contributed by atoms with Crippen LogP contribution in [-0.4, -0.2) is 44.3 Å². The number of hydrogen-bond donors (Lipinski definition) is 2. The molecule has 6 heteroatoms. The fourth-order valence-electron chi connectivity index (χ4n) is 3.46. The van der Waals surface area contributed by atoms with Gasteiger partial charge in [0.05, 0.1) is 13.2 Å². The third-order valence-electron chi connectivity index (χ3n) is 5.04. The second kappa shape index (κ2) is 7.32. The van der Waals surface area contributed by atoms with Gasteiger partial charge in [-0.15, -0.1) is 0 Å². The van der Waals surface area contributed by atoms with Crippen molar-refractivity contribution in [3.63, 3.8) is 0 Å². The van der Waals surface area contributed by atoms with E-state index in [-0.39, 0.29) is 5.91 Å². The first kappa shape index (κ1) is 17.4. The number of ether oxygens (including phenoxy) is 2. The van der Waals surface area contributed by atoms with Crippen LogP contribution < -0.4 is 15.0 Å². The molecule has 0 aliphatic carbocycles. The van der Waals surface area contributed by atoms with E-state index in [4.69, 9.17) is 9.47 Å². The molecule has 1 aromatic heterocycles. The Kier molecular flexibility index (Phi) is 4.73. The third-order valence-corrected chi connectivity index (χ3v) is 5.04. The predicted octanol–water partition coefficient (Wildman–Crippen LogP) is 3.65. The number of benzene rings is 2. The zero-order chi connectivity index (χ0) is 18.8. The summed E-state index contributed by atoms with van der Waals surface area (Å²) in [4.78, 5) is 18.0. The Hall–Kier alpha value is -2.99. The van der Waals surface area contributed by atoms with Crippen LogP contribution >= 0.6 is 0 Å². The van der Waals surface area contributed by atoms with Gasteiger partial charge in [0.2, 0.25) is 0 Å². The maximum absolute atomic E-state index is 12.6. The van der Waals surface area contributed by atoms with E-state index >= 15 is 0 Å². The Bertz CT molecular complexity index is 949. The maximum atomic E-state index is 12.6. The van der Waals surface area contributed by atoms with E-state index in [2.05, 4.69) is 15.2 Å². The zero-order valence-electron chi connectivity index (χ0n) is 15.5. The van der Waals surface area contributed by atoms with Crippen molar-refractivity contribution in [1.29, 1.82) is 0 Å². The number of methoxy groups -OCH3 is 2. The van der Waals surface area contributed by atoms with Gasteiger partial charge in [-0.05, 0) is 48.9 Å². The summed E-state index contributed by atoms with van der Waals surface area (Å²) in [7, 11) is 3.38. The topological polar surface area (TPSA) is 66.6 Å². The summed E-state index contributed by atoms with van der Waals surface area (Å²) < 4.78 is 10.6. The van der Waals surface area contributed by atoms with Gasteiger partial charge < -0.3 is 24.7 Å². The molecule has 1 aliphatic heterocycles. The van der Waals surface area contributed by atoms with Gasteiger partial charge in [-0.2, -0.15) is 0 Å². The standard InChI is InChI=1S/C21H23N3O3/c1-26-17-8-3-14-11-20(23-19(14)12-17)21(25)22-15-4-6-16(7-5-15)24-10-9-18(13-24)27-2/h3-8,11-12,18,23H,9-10,13H2,1-2H3,(H,22,25). The van der Waals surface area contributed by atoms with Gasteiger partial charge in [-0.25, -0.2) is 0 Å². The Morgan fingerprint density at radius 1 is 1.15 bits per heavy atom. The summed E-state index contributed by atoms with van der Waals surface area (Å²) in [6.07, 6.45) is 1.34. The average Bonchev–Trinajstić information content (AvgIpc) is 3.34. The highest BCUT2D eigenvalue weighted by Gasteiger charge is 2.22. The molecule has 6 nitrogen and oxygen atoms in total. The minimum atomic E-state index is -0.168. The Morgan fingerprint density at radius 3 is 2.67 bits per heavy atom. The molecule has 0 spiro atoms. The summed E-state index contributed by atoms with van der Waals surface area (Å²) in [5.41, 5.74) is 3.30. The molecule has 2 aromatic carbocycles. The van der Waals surface area contributed by atoms with Crippen LogP contribution in [0.4, 0.5) is 11.4 Å². The summed E-state index contributed by atoms with van der Waals surface area (Å²) in [5.74, 6) is 0.586. The number of fused-ring (bicyclic) bond motifs is 1. The molecule has 1 atom stereocenters. The van der Waals surface area contributed by atoms with Crippen LogP contribution in [0, 0.1) is 0 Å². The normalized spacial score (nSPS) is 16.7. The monoisotopic (exact) mass is 365 g/mol. The fourth-order valence-corrected chi connectivity index (χ4v) is 3.46. The van der Waals surface area contributed by atoms with E-state index in [0.717, 1.165) is 47.5 Å². The Balaban J connectivity index is 1.45. The van der Waals surface area contributed by atoms with Gasteiger partial charge in [0.25, 0.3) is 5.91 Å². The quantitative estimate of drug-likeness (QED) is 0.724. The highest BCUT2D eigenvalue weighted by molar-refractivity contribution is 6.06. The molecule has 1 aliphatic rings. The molecular formula is C21H23N3O3. The van der Waals surface area contributed by atoms with Crippen molar-refractivity contribution in [2.45, 2.75) is 12.5 Å². The largest absolute Gasteiger partial charge is 0.497 e. The minimum Gasteiger partial charge on any atom is -0.497 e. The second-order valence-corrected chi connectivity index (χ2v) is 6.73. The van der Waals surface area contributed by atoms with Crippen LogP contribution in [0.3, 0.4) is 0 Å². The number of amides is 1. The van der Waals surface area contributed by atoms with Gasteiger partial charge >= 0.3 is 0 Å². The predicted molar refractivity (Wildman–Crippen MR) is 107 cm³/mol. The molecule has 1 unspecified atom stereocenters. The Labute approximate surface area is 158 Å². The summed E-state index contributed by atoms with van der Waals surface area (Å²) in [6.45, 7) is 1.89. The summed E-state index contributed by atoms with van der Waals surface area (Å²) in [6, 6.07) is 15.5. The molecular weight excluding hydrogens is 342 g/mol. The first-order valence-corrected chi connectivity index (χ1v) is 9.02. The van der Waals surface area contributed by atoms with Crippen molar-refractivity contribution in [2.24, 2.45) is 0 Å². The molecule has 1 saturated heterocycles. The van der Waals surface area contributed by atoms with Crippen LogP contribution in [-0.2, 0) is 4.74 Å². The number of anilines is 2. The summed E-state index contributed by atoms with van der Waals surface area (Å²) >= 11 is 0. The smallest absolute Gasteiger partial charge is 0.272 e. The second-order valence-electron chi connectivity index (χ2n) is 6.73. The molecule has 2 heterocycles. The first-order chi connectivity index (χ1) is 13.2. The Morgan fingerprint density at radius 2 is 1.96 bits per heavy atom. The highest BCUT2D eigenvalue weighted by atomic mass is 16.5. The molecule has 1 fully saturated rings. The lowest BCUT2D eigenvalue weighted by Gasteiger charge is -2.18. The lowest BCUT2D eigenvalue weighted by atomic mass is 10.2. The van der Waals surface area contributed by atoms with Crippen LogP contribution in [0.15, 0.2) is 48.5 Å². The van der Waals surface area contributed by atoms with Gasteiger partial charge in [0.15, 0.2) is 0 Å². The number of H-pyrrole nitrogens is 1. The van der Waals surface area contributed by atoms with E-state index in [1.165, 1.54) is 0 Å². The minimum absolute atomic E-state index is 0.168. The van der Waals surface area contributed by atoms with Crippen LogP contribution in [0.25, 0.3) is 10.9 Å². The van der Waals surface area contributed by atoms with Crippen molar-refractivity contribution in [3.8, 4) is 5.75 Å². The average molecular weight is 365 g/mol. The van der Waals surface area contributed by atoms with Gasteiger partial charge in [0.1, 0.15) is 11.4 Å². The molecule has 4 rings (SSSR count). The van der Waals surface area contributed by atoms with Crippen LogP contribution in [0.2, 0.25) is 0 Å². The number of aromatic nitrogens is 1. The van der Waals surface area contributed by atoms with E-state index < -0.39 is 0 Å². The number of nitrogens with zero attached hydrogens (tertiary/aromatic N) is 1. The molecule has 0 radical (unpaired) electrons. The van der Waals surface area contributed by atoms with E-state index in [9.17, 15) is 4.79 Å². The van der Waals surface area contributed by atoms with E-state index in [1.807, 2.05) is 48.5 Å². The van der Waals surface area contributed by atoms with Crippen LogP contribution in [0.1, 0.15) is 16.9 Å². The first-order valence-electron chi connectivity index (χ1n) is 9.02. The van der Waals surface area contributed by atoms with Crippen LogP contribution in [0.5, 0.6) is 5.75 Å². The molecule has 1 amide bonds.